The van der Waals surface area contributed by atoms with Gasteiger partial charge >= 0.3 is 6.18 Å². The summed E-state index contributed by atoms with van der Waals surface area (Å²) in [5.41, 5.74) is -0.0465. The Kier molecular flexibility index (Phi) is 3.11. The Hall–Kier alpha value is -1.49. The van der Waals surface area contributed by atoms with E-state index in [0.29, 0.717) is 11.3 Å². The maximum atomic E-state index is 12.9. The Balaban J connectivity index is 2.74. The highest BCUT2D eigenvalue weighted by atomic mass is 19.4. The minimum atomic E-state index is -4.41. The largest absolute Gasteiger partial charge is 0.460 e. The smallest absolute Gasteiger partial charge is 0.417 e. The van der Waals surface area contributed by atoms with Crippen molar-refractivity contribution in [2.75, 3.05) is 6.61 Å². The zero-order valence-corrected chi connectivity index (χ0v) is 10.0. The van der Waals surface area contributed by atoms with Gasteiger partial charge in [0.1, 0.15) is 11.3 Å². The molecule has 18 heavy (non-hydrogen) atoms. The van der Waals surface area contributed by atoms with E-state index in [4.69, 9.17) is 9.52 Å². The molecule has 1 aromatic heterocycles. The van der Waals surface area contributed by atoms with Crippen LogP contribution in [-0.4, -0.2) is 11.7 Å². The van der Waals surface area contributed by atoms with Gasteiger partial charge in [0.25, 0.3) is 0 Å². The quantitative estimate of drug-likeness (QED) is 0.887. The van der Waals surface area contributed by atoms with Crippen molar-refractivity contribution < 1.29 is 22.7 Å². The number of benzene rings is 1. The van der Waals surface area contributed by atoms with Crippen LogP contribution in [0.5, 0.6) is 0 Å². The van der Waals surface area contributed by atoms with Crippen molar-refractivity contribution in [3.05, 3.63) is 35.1 Å². The summed E-state index contributed by atoms with van der Waals surface area (Å²) in [5.74, 6) is 0.0858. The molecule has 2 aromatic rings. The summed E-state index contributed by atoms with van der Waals surface area (Å²) in [6.45, 7) is 3.13. The highest BCUT2D eigenvalue weighted by Gasteiger charge is 2.34. The summed E-state index contributed by atoms with van der Waals surface area (Å²) in [6, 6.07) is 3.87. The molecule has 0 aliphatic heterocycles. The third-order valence-electron chi connectivity index (χ3n) is 3.02. The van der Waals surface area contributed by atoms with Crippen LogP contribution in [0.2, 0.25) is 0 Å². The highest BCUT2D eigenvalue weighted by molar-refractivity contribution is 5.86. The van der Waals surface area contributed by atoms with Gasteiger partial charge < -0.3 is 9.52 Å². The van der Waals surface area contributed by atoms with Crippen molar-refractivity contribution in [1.29, 1.82) is 0 Å². The van der Waals surface area contributed by atoms with Crippen LogP contribution < -0.4 is 0 Å². The van der Waals surface area contributed by atoms with Gasteiger partial charge in [-0.2, -0.15) is 13.2 Å². The van der Waals surface area contributed by atoms with E-state index in [0.717, 1.165) is 6.07 Å². The van der Waals surface area contributed by atoms with Crippen LogP contribution in [-0.2, 0) is 6.18 Å². The number of aryl methyl sites for hydroxylation is 1. The standard InChI is InChI=1S/C13H13F3O2/c1-7(6-17)12-8(2)11-9(13(14,15)16)4-3-5-10(11)18-12/h3-5,7,17H,6H2,1-2H3. The fourth-order valence-corrected chi connectivity index (χ4v) is 2.11. The van der Waals surface area contributed by atoms with Gasteiger partial charge in [-0.3, -0.25) is 0 Å². The summed E-state index contributed by atoms with van der Waals surface area (Å²) in [5, 5.41) is 9.17. The second-order valence-electron chi connectivity index (χ2n) is 4.35. The van der Waals surface area contributed by atoms with Gasteiger partial charge in [0.15, 0.2) is 0 Å². The van der Waals surface area contributed by atoms with Crippen LogP contribution in [0.25, 0.3) is 11.0 Å². The van der Waals surface area contributed by atoms with E-state index < -0.39 is 11.7 Å². The van der Waals surface area contributed by atoms with Crippen molar-refractivity contribution >= 4 is 11.0 Å². The number of rotatable bonds is 2. The predicted molar refractivity (Wildman–Crippen MR) is 61.5 cm³/mol. The molecule has 0 spiro atoms. The molecule has 1 heterocycles. The van der Waals surface area contributed by atoms with Crippen LogP contribution in [0.1, 0.15) is 29.7 Å². The zero-order chi connectivity index (χ0) is 13.5. The zero-order valence-electron chi connectivity index (χ0n) is 10.0. The SMILES string of the molecule is Cc1c(C(C)CO)oc2cccc(C(F)(F)F)c12. The molecule has 1 N–H and O–H groups in total. The lowest BCUT2D eigenvalue weighted by atomic mass is 10.0. The molecule has 2 nitrogen and oxygen atoms in total. The lowest BCUT2D eigenvalue weighted by Gasteiger charge is -2.08. The number of aliphatic hydroxyl groups excluding tert-OH is 1. The van der Waals surface area contributed by atoms with E-state index in [1.54, 1.807) is 13.8 Å². The summed E-state index contributed by atoms with van der Waals surface area (Å²) >= 11 is 0. The first-order valence-corrected chi connectivity index (χ1v) is 5.56. The molecule has 0 aliphatic carbocycles. The van der Waals surface area contributed by atoms with Gasteiger partial charge in [-0.25, -0.2) is 0 Å². The molecule has 0 fully saturated rings. The predicted octanol–water partition coefficient (Wildman–Crippen LogP) is 3.86. The lowest BCUT2D eigenvalue weighted by Crippen LogP contribution is -2.05. The third-order valence-corrected chi connectivity index (χ3v) is 3.02. The minimum absolute atomic E-state index is 0.0836. The fourth-order valence-electron chi connectivity index (χ4n) is 2.11. The number of hydrogen-bond donors (Lipinski definition) is 1. The van der Waals surface area contributed by atoms with Crippen LogP contribution >= 0.6 is 0 Å². The van der Waals surface area contributed by atoms with Crippen molar-refractivity contribution in [3.63, 3.8) is 0 Å². The van der Waals surface area contributed by atoms with Gasteiger partial charge in [-0.1, -0.05) is 13.0 Å². The van der Waals surface area contributed by atoms with E-state index >= 15 is 0 Å². The topological polar surface area (TPSA) is 33.4 Å². The first-order chi connectivity index (χ1) is 8.36. The van der Waals surface area contributed by atoms with Crippen molar-refractivity contribution in [2.24, 2.45) is 0 Å². The summed E-state index contributed by atoms with van der Waals surface area (Å²) in [4.78, 5) is 0. The van der Waals surface area contributed by atoms with E-state index in [9.17, 15) is 13.2 Å². The van der Waals surface area contributed by atoms with E-state index in [2.05, 4.69) is 0 Å². The molecule has 0 saturated carbocycles. The number of furan rings is 1. The van der Waals surface area contributed by atoms with Gasteiger partial charge in [0, 0.05) is 11.3 Å². The van der Waals surface area contributed by atoms with Crippen LogP contribution in [0, 0.1) is 6.92 Å². The highest BCUT2D eigenvalue weighted by Crippen LogP contribution is 2.39. The molecule has 98 valence electrons. The molecule has 1 unspecified atom stereocenters. The first kappa shape index (κ1) is 13.0. The molecular weight excluding hydrogens is 245 g/mol. The van der Waals surface area contributed by atoms with Crippen LogP contribution in [0.4, 0.5) is 13.2 Å². The molecule has 0 aliphatic rings. The van der Waals surface area contributed by atoms with Crippen LogP contribution in [0.15, 0.2) is 22.6 Å². The summed E-state index contributed by atoms with van der Waals surface area (Å²) < 4.78 is 44.1. The molecule has 0 amide bonds. The van der Waals surface area contributed by atoms with Crippen molar-refractivity contribution in [1.82, 2.24) is 0 Å². The molecule has 0 saturated heterocycles. The summed E-state index contributed by atoms with van der Waals surface area (Å²) in [7, 11) is 0. The monoisotopic (exact) mass is 258 g/mol. The molecule has 0 bridgehead atoms. The van der Waals surface area contributed by atoms with Crippen molar-refractivity contribution in [2.45, 2.75) is 25.9 Å². The number of halogens is 3. The maximum absolute atomic E-state index is 12.9. The third kappa shape index (κ3) is 1.99. The Bertz CT molecular complexity index is 569. The van der Waals surface area contributed by atoms with E-state index in [1.165, 1.54) is 12.1 Å². The fraction of sp³-hybridized carbons (Fsp3) is 0.385. The minimum Gasteiger partial charge on any atom is -0.460 e. The normalized spacial score (nSPS) is 14.1. The molecule has 1 atom stereocenters. The van der Waals surface area contributed by atoms with Gasteiger partial charge in [0.2, 0.25) is 0 Å². The first-order valence-electron chi connectivity index (χ1n) is 5.56. The van der Waals surface area contributed by atoms with E-state index in [1.807, 2.05) is 0 Å². The van der Waals surface area contributed by atoms with E-state index in [-0.39, 0.29) is 23.5 Å². The number of aliphatic hydroxyl groups is 1. The number of hydrogen-bond acceptors (Lipinski definition) is 2. The average Bonchev–Trinajstić information content (AvgIpc) is 2.65. The Morgan fingerprint density at radius 2 is 2.00 bits per heavy atom. The lowest BCUT2D eigenvalue weighted by molar-refractivity contribution is -0.136. The van der Waals surface area contributed by atoms with Gasteiger partial charge in [-0.15, -0.1) is 0 Å². The van der Waals surface area contributed by atoms with Gasteiger partial charge in [-0.05, 0) is 24.6 Å². The Morgan fingerprint density at radius 1 is 1.33 bits per heavy atom. The molecule has 1 aromatic carbocycles. The van der Waals surface area contributed by atoms with Gasteiger partial charge in [0.05, 0.1) is 12.2 Å². The molecule has 2 rings (SSSR count). The second kappa shape index (κ2) is 4.31. The van der Waals surface area contributed by atoms with Crippen molar-refractivity contribution in [3.8, 4) is 0 Å². The number of alkyl halides is 3. The average molecular weight is 258 g/mol. The Labute approximate surface area is 102 Å². The number of fused-ring (bicyclic) bond motifs is 1. The maximum Gasteiger partial charge on any atom is 0.417 e. The molecule has 0 radical (unpaired) electrons. The Morgan fingerprint density at radius 3 is 2.56 bits per heavy atom. The molecule has 5 heteroatoms. The molecular formula is C13H13F3O2. The van der Waals surface area contributed by atoms with Crippen LogP contribution in [0.3, 0.4) is 0 Å². The summed E-state index contributed by atoms with van der Waals surface area (Å²) in [6.07, 6.45) is -4.41. The second-order valence-corrected chi connectivity index (χ2v) is 4.35.